The largest absolute Gasteiger partial charge is 0.481 e. The topological polar surface area (TPSA) is 189 Å². The summed E-state index contributed by atoms with van der Waals surface area (Å²) in [7, 11) is 0. The van der Waals surface area contributed by atoms with E-state index in [4.69, 9.17) is 15.2 Å². The molecule has 1 saturated heterocycles. The third-order valence-electron chi connectivity index (χ3n) is 10.3. The Morgan fingerprint density at radius 3 is 1.28 bits per heavy atom. The number of nitrogens with zero attached hydrogens (tertiary/aromatic N) is 2. The maximum absolute atomic E-state index is 14.2. The molecular formula is C45H52N4O9. The standard InChI is InChI=1S/C40H42N2O8.C5H10N2O/c1-3-23-41(25-27-15-19-31(20-16-27)49-29-11-7-5-8-12-29)37(43)33-34(36(40(47)48)35(33)39(45)46)38(44)42(24-4-2)26-28-17-21-32(22-18-28)50-30-13-9-6-10-14-30;6-5(8)4-2-1-3-7-4/h5-22,33-36H,3-4,23-26H2,1-2H3,(H,45,46)(H,47,48);4,7H,1-3H2,(H2,6,8)/t33-,34-,35-,36-;/m1./s1. The Hall–Kier alpha value is -6.21. The van der Waals surface area contributed by atoms with Crippen LogP contribution in [0.2, 0.25) is 0 Å². The second-order valence-electron chi connectivity index (χ2n) is 14.5. The van der Waals surface area contributed by atoms with Crippen molar-refractivity contribution < 1.29 is 43.7 Å². The molecule has 0 bridgehead atoms. The first kappa shape index (κ1) is 42.9. The lowest BCUT2D eigenvalue weighted by Gasteiger charge is -2.48. The predicted octanol–water partition coefficient (Wildman–Crippen LogP) is 6.32. The molecule has 13 nitrogen and oxygen atoms in total. The van der Waals surface area contributed by atoms with E-state index in [2.05, 4.69) is 5.32 Å². The van der Waals surface area contributed by atoms with Crippen molar-refractivity contribution in [3.8, 4) is 23.0 Å². The van der Waals surface area contributed by atoms with Gasteiger partial charge in [-0.1, -0.05) is 74.5 Å². The summed E-state index contributed by atoms with van der Waals surface area (Å²) in [6.45, 7) is 5.67. The van der Waals surface area contributed by atoms with Gasteiger partial charge in [0, 0.05) is 26.2 Å². The number of hydrogen-bond donors (Lipinski definition) is 4. The van der Waals surface area contributed by atoms with Crippen LogP contribution in [0, 0.1) is 23.7 Å². The number of benzene rings is 4. The van der Waals surface area contributed by atoms with Crippen molar-refractivity contribution in [3.05, 3.63) is 120 Å². The van der Waals surface area contributed by atoms with Gasteiger partial charge in [0.2, 0.25) is 17.7 Å². The Balaban J connectivity index is 0.000000714. The number of nitrogens with one attached hydrogen (secondary N) is 1. The molecule has 58 heavy (non-hydrogen) atoms. The number of primary amides is 1. The zero-order valence-corrected chi connectivity index (χ0v) is 32.9. The molecule has 0 radical (unpaired) electrons. The molecule has 4 aromatic rings. The van der Waals surface area contributed by atoms with E-state index in [-0.39, 0.29) is 25.0 Å². The highest BCUT2D eigenvalue weighted by molar-refractivity contribution is 5.99. The van der Waals surface area contributed by atoms with Crippen LogP contribution >= 0.6 is 0 Å². The highest BCUT2D eigenvalue weighted by atomic mass is 16.5. The number of aliphatic carboxylic acids is 2. The fourth-order valence-corrected chi connectivity index (χ4v) is 7.42. The second kappa shape index (κ2) is 20.8. The van der Waals surface area contributed by atoms with E-state index in [9.17, 15) is 34.2 Å². The summed E-state index contributed by atoms with van der Waals surface area (Å²) in [5.74, 6) is -7.25. The summed E-state index contributed by atoms with van der Waals surface area (Å²) in [4.78, 5) is 66.8. The lowest BCUT2D eigenvalue weighted by molar-refractivity contribution is -0.187. The molecule has 6 rings (SSSR count). The summed E-state index contributed by atoms with van der Waals surface area (Å²) >= 11 is 0. The van der Waals surface area contributed by atoms with Gasteiger partial charge in [-0.2, -0.15) is 0 Å². The molecule has 5 N–H and O–H groups in total. The zero-order valence-electron chi connectivity index (χ0n) is 32.9. The van der Waals surface area contributed by atoms with Crippen molar-refractivity contribution >= 4 is 29.7 Å². The van der Waals surface area contributed by atoms with E-state index in [0.29, 0.717) is 48.9 Å². The minimum absolute atomic E-state index is 0.0463. The number of rotatable bonds is 17. The van der Waals surface area contributed by atoms with Crippen LogP contribution in [0.3, 0.4) is 0 Å². The highest BCUT2D eigenvalue weighted by Gasteiger charge is 2.64. The average molecular weight is 793 g/mol. The van der Waals surface area contributed by atoms with Crippen molar-refractivity contribution in [2.75, 3.05) is 19.6 Å². The van der Waals surface area contributed by atoms with Gasteiger partial charge < -0.3 is 40.5 Å². The predicted molar refractivity (Wildman–Crippen MR) is 217 cm³/mol. The molecule has 1 heterocycles. The van der Waals surface area contributed by atoms with Gasteiger partial charge in [-0.05, 0) is 91.9 Å². The van der Waals surface area contributed by atoms with Gasteiger partial charge in [-0.15, -0.1) is 0 Å². The zero-order chi connectivity index (χ0) is 41.6. The molecule has 4 aromatic carbocycles. The smallest absolute Gasteiger partial charge is 0.308 e. The molecule has 2 fully saturated rings. The third kappa shape index (κ3) is 11.2. The van der Waals surface area contributed by atoms with Crippen LogP contribution in [0.25, 0.3) is 0 Å². The van der Waals surface area contributed by atoms with Gasteiger partial charge in [0.05, 0.1) is 29.7 Å². The maximum atomic E-state index is 14.2. The Labute approximate surface area is 338 Å². The average Bonchev–Trinajstić information content (AvgIpc) is 3.76. The Morgan fingerprint density at radius 2 is 0.983 bits per heavy atom. The first-order chi connectivity index (χ1) is 28.0. The molecule has 0 spiro atoms. The van der Waals surface area contributed by atoms with E-state index < -0.39 is 47.4 Å². The lowest BCUT2D eigenvalue weighted by Crippen LogP contribution is -2.64. The minimum atomic E-state index is -1.53. The number of amides is 3. The lowest BCUT2D eigenvalue weighted by atomic mass is 9.55. The van der Waals surface area contributed by atoms with E-state index >= 15 is 0 Å². The molecule has 5 atom stereocenters. The monoisotopic (exact) mass is 792 g/mol. The van der Waals surface area contributed by atoms with Crippen LogP contribution in [0.15, 0.2) is 109 Å². The summed E-state index contributed by atoms with van der Waals surface area (Å²) in [5.41, 5.74) is 6.56. The molecule has 0 aromatic heterocycles. The quantitative estimate of drug-likeness (QED) is 0.0942. The number of ether oxygens (including phenoxy) is 2. The van der Waals surface area contributed by atoms with Crippen LogP contribution in [-0.2, 0) is 37.1 Å². The molecule has 1 aliphatic heterocycles. The van der Waals surface area contributed by atoms with E-state index in [0.717, 1.165) is 30.5 Å². The molecule has 1 unspecified atom stereocenters. The van der Waals surface area contributed by atoms with Gasteiger partial charge in [0.25, 0.3) is 0 Å². The third-order valence-corrected chi connectivity index (χ3v) is 10.3. The maximum Gasteiger partial charge on any atom is 0.308 e. The number of hydrogen-bond acceptors (Lipinski definition) is 8. The molecule has 1 saturated carbocycles. The summed E-state index contributed by atoms with van der Waals surface area (Å²) < 4.78 is 11.8. The molecular weight excluding hydrogens is 741 g/mol. The summed E-state index contributed by atoms with van der Waals surface area (Å²) in [6.07, 6.45) is 3.15. The summed E-state index contributed by atoms with van der Waals surface area (Å²) in [5, 5.41) is 23.3. The van der Waals surface area contributed by atoms with E-state index in [1.54, 1.807) is 24.3 Å². The number of carboxylic acids is 2. The van der Waals surface area contributed by atoms with Gasteiger partial charge in [0.1, 0.15) is 23.0 Å². The Bertz CT molecular complexity index is 1840. The van der Waals surface area contributed by atoms with Gasteiger partial charge in [-0.25, -0.2) is 0 Å². The van der Waals surface area contributed by atoms with Crippen molar-refractivity contribution in [2.24, 2.45) is 29.4 Å². The van der Waals surface area contributed by atoms with E-state index in [1.807, 2.05) is 98.8 Å². The van der Waals surface area contributed by atoms with Gasteiger partial charge in [-0.3, -0.25) is 24.0 Å². The van der Waals surface area contributed by atoms with Gasteiger partial charge in [0.15, 0.2) is 0 Å². The van der Waals surface area contributed by atoms with Gasteiger partial charge >= 0.3 is 11.9 Å². The fraction of sp³-hybridized carbons (Fsp3) is 0.356. The van der Waals surface area contributed by atoms with Crippen molar-refractivity contribution in [3.63, 3.8) is 0 Å². The molecule has 2 aliphatic rings. The first-order valence-corrected chi connectivity index (χ1v) is 19.7. The van der Waals surface area contributed by atoms with Crippen LogP contribution in [0.4, 0.5) is 0 Å². The van der Waals surface area contributed by atoms with Crippen LogP contribution < -0.4 is 20.5 Å². The fourth-order valence-electron chi connectivity index (χ4n) is 7.42. The number of carbonyl (C=O) groups excluding carboxylic acids is 3. The minimum Gasteiger partial charge on any atom is -0.481 e. The Morgan fingerprint density at radius 1 is 0.603 bits per heavy atom. The number of nitrogens with two attached hydrogens (primary N) is 1. The molecule has 3 amide bonds. The molecule has 1 aliphatic carbocycles. The SMILES string of the molecule is CCCN(Cc1ccc(Oc2ccccc2)cc1)C(=O)[C@H]1[C@@H](C(=O)O)[C@H](C(=O)O)[C@@H]1C(=O)N(CCC)Cc1ccc(Oc2ccccc2)cc1.NC(=O)C1CCCN1. The number of carbonyl (C=O) groups is 5. The Kier molecular flexibility index (Phi) is 15.4. The van der Waals surface area contributed by atoms with Crippen LogP contribution in [-0.4, -0.2) is 75.3 Å². The molecule has 306 valence electrons. The second-order valence-corrected chi connectivity index (χ2v) is 14.5. The van der Waals surface area contributed by atoms with E-state index in [1.165, 1.54) is 9.80 Å². The highest BCUT2D eigenvalue weighted by Crippen LogP contribution is 2.49. The van der Waals surface area contributed by atoms with Crippen molar-refractivity contribution in [2.45, 2.75) is 58.7 Å². The van der Waals surface area contributed by atoms with Crippen molar-refractivity contribution in [1.29, 1.82) is 0 Å². The molecule has 13 heteroatoms. The van der Waals surface area contributed by atoms with Crippen LogP contribution in [0.5, 0.6) is 23.0 Å². The van der Waals surface area contributed by atoms with Crippen LogP contribution in [0.1, 0.15) is 50.7 Å². The number of carboxylic acid groups (broad SMARTS) is 2. The summed E-state index contributed by atoms with van der Waals surface area (Å²) in [6, 6.07) is 33.0. The normalized spacial score (nSPS) is 19.4. The number of para-hydroxylation sites is 2. The van der Waals surface area contributed by atoms with Crippen molar-refractivity contribution in [1.82, 2.24) is 15.1 Å². The first-order valence-electron chi connectivity index (χ1n) is 19.7.